The number of carbonyl (C=O) groups is 1. The summed E-state index contributed by atoms with van der Waals surface area (Å²) in [5, 5.41) is 9.64. The van der Waals surface area contributed by atoms with E-state index in [0.29, 0.717) is 19.0 Å². The Bertz CT molecular complexity index is 428. The Morgan fingerprint density at radius 3 is 2.94 bits per heavy atom. The van der Waals surface area contributed by atoms with Gasteiger partial charge < -0.3 is 24.1 Å². The smallest absolute Gasteiger partial charge is 0.504 e. The molecule has 0 aliphatic carbocycles. The standard InChI is InChI=1S/C11H12O6/c1-2-14-11(13)17-7-5-8(12)10-9(6-7)15-3-4-16-10/h5-6,12H,2-4H2,1H3. The van der Waals surface area contributed by atoms with E-state index >= 15 is 0 Å². The molecule has 17 heavy (non-hydrogen) atoms. The number of rotatable bonds is 2. The van der Waals surface area contributed by atoms with E-state index in [1.165, 1.54) is 12.1 Å². The summed E-state index contributed by atoms with van der Waals surface area (Å²) in [6, 6.07) is 2.73. The van der Waals surface area contributed by atoms with Crippen LogP contribution >= 0.6 is 0 Å². The molecule has 1 aromatic rings. The normalized spacial score (nSPS) is 13.0. The Hall–Kier alpha value is -2.11. The number of fused-ring (bicyclic) bond motifs is 1. The van der Waals surface area contributed by atoms with Crippen LogP contribution in [0.25, 0.3) is 0 Å². The Kier molecular flexibility index (Phi) is 3.22. The highest BCUT2D eigenvalue weighted by Gasteiger charge is 2.19. The van der Waals surface area contributed by atoms with Gasteiger partial charge in [-0.2, -0.15) is 0 Å². The van der Waals surface area contributed by atoms with Crippen molar-refractivity contribution < 1.29 is 28.8 Å². The molecule has 1 N–H and O–H groups in total. The van der Waals surface area contributed by atoms with Crippen LogP contribution in [0.3, 0.4) is 0 Å². The molecule has 0 saturated heterocycles. The predicted octanol–water partition coefficient (Wildman–Crippen LogP) is 1.70. The summed E-state index contributed by atoms with van der Waals surface area (Å²) >= 11 is 0. The number of hydrogen-bond acceptors (Lipinski definition) is 6. The molecule has 0 fully saturated rings. The summed E-state index contributed by atoms with van der Waals surface area (Å²) in [5.41, 5.74) is 0. The zero-order valence-electron chi connectivity index (χ0n) is 9.26. The van der Waals surface area contributed by atoms with E-state index < -0.39 is 6.16 Å². The van der Waals surface area contributed by atoms with Gasteiger partial charge in [0.05, 0.1) is 6.61 Å². The number of aromatic hydroxyl groups is 1. The SMILES string of the molecule is CCOC(=O)Oc1cc(O)c2c(c1)OCCO2. The molecule has 1 aliphatic rings. The molecular weight excluding hydrogens is 228 g/mol. The highest BCUT2D eigenvalue weighted by atomic mass is 16.7. The molecule has 0 saturated carbocycles. The second kappa shape index (κ2) is 4.82. The fourth-order valence-electron chi connectivity index (χ4n) is 1.41. The number of ether oxygens (including phenoxy) is 4. The van der Waals surface area contributed by atoms with Crippen LogP contribution < -0.4 is 14.2 Å². The van der Waals surface area contributed by atoms with Crippen molar-refractivity contribution in [2.45, 2.75) is 6.92 Å². The summed E-state index contributed by atoms with van der Waals surface area (Å²) in [4.78, 5) is 11.1. The minimum atomic E-state index is -0.830. The first-order valence-electron chi connectivity index (χ1n) is 5.18. The van der Waals surface area contributed by atoms with Crippen LogP contribution in [0.2, 0.25) is 0 Å². The van der Waals surface area contributed by atoms with Gasteiger partial charge in [-0.05, 0) is 6.92 Å². The van der Waals surface area contributed by atoms with Crippen LogP contribution in [-0.2, 0) is 4.74 Å². The Morgan fingerprint density at radius 1 is 1.41 bits per heavy atom. The van der Waals surface area contributed by atoms with Crippen molar-refractivity contribution in [1.29, 1.82) is 0 Å². The first-order valence-corrected chi connectivity index (χ1v) is 5.18. The van der Waals surface area contributed by atoms with Gasteiger partial charge in [0.15, 0.2) is 11.5 Å². The number of phenolic OH excluding ortho intramolecular Hbond substituents is 1. The van der Waals surface area contributed by atoms with Gasteiger partial charge in [-0.1, -0.05) is 0 Å². The van der Waals surface area contributed by atoms with Crippen molar-refractivity contribution in [3.8, 4) is 23.0 Å². The van der Waals surface area contributed by atoms with Crippen molar-refractivity contribution in [3.63, 3.8) is 0 Å². The highest BCUT2D eigenvalue weighted by molar-refractivity contribution is 5.66. The molecule has 0 spiro atoms. The van der Waals surface area contributed by atoms with Crippen molar-refractivity contribution in [1.82, 2.24) is 0 Å². The van der Waals surface area contributed by atoms with Crippen LogP contribution in [0, 0.1) is 0 Å². The number of phenols is 1. The molecule has 1 heterocycles. The first-order chi connectivity index (χ1) is 8.20. The average Bonchev–Trinajstić information content (AvgIpc) is 2.29. The monoisotopic (exact) mass is 240 g/mol. The van der Waals surface area contributed by atoms with Gasteiger partial charge in [0.25, 0.3) is 0 Å². The quantitative estimate of drug-likeness (QED) is 0.626. The van der Waals surface area contributed by atoms with E-state index in [2.05, 4.69) is 4.74 Å². The maximum atomic E-state index is 11.1. The van der Waals surface area contributed by atoms with Crippen LogP contribution in [-0.4, -0.2) is 31.1 Å². The molecule has 1 aliphatic heterocycles. The van der Waals surface area contributed by atoms with E-state index in [-0.39, 0.29) is 23.9 Å². The lowest BCUT2D eigenvalue weighted by Crippen LogP contribution is -2.16. The van der Waals surface area contributed by atoms with Crippen molar-refractivity contribution >= 4 is 6.16 Å². The average molecular weight is 240 g/mol. The molecule has 0 unspecified atom stereocenters. The second-order valence-corrected chi connectivity index (χ2v) is 3.25. The summed E-state index contributed by atoms with van der Waals surface area (Å²) in [6.07, 6.45) is -0.830. The highest BCUT2D eigenvalue weighted by Crippen LogP contribution is 2.42. The maximum Gasteiger partial charge on any atom is 0.513 e. The molecule has 2 rings (SSSR count). The third-order valence-electron chi connectivity index (χ3n) is 2.06. The molecule has 6 nitrogen and oxygen atoms in total. The van der Waals surface area contributed by atoms with Crippen LogP contribution in [0.5, 0.6) is 23.0 Å². The minimum Gasteiger partial charge on any atom is -0.504 e. The van der Waals surface area contributed by atoms with E-state index in [9.17, 15) is 9.90 Å². The third-order valence-corrected chi connectivity index (χ3v) is 2.06. The lowest BCUT2D eigenvalue weighted by Gasteiger charge is -2.19. The van der Waals surface area contributed by atoms with Crippen LogP contribution in [0.4, 0.5) is 4.79 Å². The molecule has 0 atom stereocenters. The van der Waals surface area contributed by atoms with Crippen molar-refractivity contribution in [2.75, 3.05) is 19.8 Å². The summed E-state index contributed by atoms with van der Waals surface area (Å²) < 4.78 is 19.9. The molecule has 92 valence electrons. The topological polar surface area (TPSA) is 74.2 Å². The summed E-state index contributed by atoms with van der Waals surface area (Å²) in [5.74, 6) is 0.606. The van der Waals surface area contributed by atoms with Gasteiger partial charge in [0, 0.05) is 12.1 Å². The molecular formula is C11H12O6. The first kappa shape index (κ1) is 11.4. The van der Waals surface area contributed by atoms with Crippen LogP contribution in [0.1, 0.15) is 6.92 Å². The van der Waals surface area contributed by atoms with Gasteiger partial charge in [0.1, 0.15) is 19.0 Å². The lowest BCUT2D eigenvalue weighted by atomic mass is 10.2. The number of hydrogen-bond donors (Lipinski definition) is 1. The predicted molar refractivity (Wildman–Crippen MR) is 56.7 cm³/mol. The zero-order chi connectivity index (χ0) is 12.3. The maximum absolute atomic E-state index is 11.1. The minimum absolute atomic E-state index is 0.138. The third kappa shape index (κ3) is 2.52. The molecule has 1 aromatic carbocycles. The fraction of sp³-hybridized carbons (Fsp3) is 0.364. The van der Waals surface area contributed by atoms with Gasteiger partial charge in [-0.25, -0.2) is 4.79 Å². The summed E-state index contributed by atoms with van der Waals surface area (Å²) in [7, 11) is 0. The second-order valence-electron chi connectivity index (χ2n) is 3.25. The fourth-order valence-corrected chi connectivity index (χ4v) is 1.41. The molecule has 0 aromatic heterocycles. The van der Waals surface area contributed by atoms with E-state index in [0.717, 1.165) is 0 Å². The zero-order valence-corrected chi connectivity index (χ0v) is 9.26. The van der Waals surface area contributed by atoms with Crippen molar-refractivity contribution in [3.05, 3.63) is 12.1 Å². The van der Waals surface area contributed by atoms with Gasteiger partial charge in [-0.15, -0.1) is 0 Å². The number of benzene rings is 1. The van der Waals surface area contributed by atoms with Gasteiger partial charge in [0.2, 0.25) is 5.75 Å². The summed E-state index contributed by atoms with van der Waals surface area (Å²) in [6.45, 7) is 2.64. The van der Waals surface area contributed by atoms with E-state index in [1.807, 2.05) is 0 Å². The molecule has 0 radical (unpaired) electrons. The van der Waals surface area contributed by atoms with Gasteiger partial charge in [-0.3, -0.25) is 0 Å². The van der Waals surface area contributed by atoms with Gasteiger partial charge >= 0.3 is 6.16 Å². The van der Waals surface area contributed by atoms with E-state index in [1.54, 1.807) is 6.92 Å². The molecule has 6 heteroatoms. The molecule has 0 bridgehead atoms. The lowest BCUT2D eigenvalue weighted by molar-refractivity contribution is 0.103. The van der Waals surface area contributed by atoms with Crippen LogP contribution in [0.15, 0.2) is 12.1 Å². The number of carbonyl (C=O) groups excluding carboxylic acids is 1. The van der Waals surface area contributed by atoms with E-state index in [4.69, 9.17) is 14.2 Å². The molecule has 0 amide bonds. The Morgan fingerprint density at radius 2 is 2.18 bits per heavy atom. The Labute approximate surface area is 97.7 Å². The van der Waals surface area contributed by atoms with Crippen molar-refractivity contribution in [2.24, 2.45) is 0 Å². The Balaban J connectivity index is 2.19. The largest absolute Gasteiger partial charge is 0.513 e.